The molecule has 3 heteroatoms. The van der Waals surface area contributed by atoms with E-state index in [-0.39, 0.29) is 5.56 Å². The van der Waals surface area contributed by atoms with Crippen LogP contribution in [0.5, 0.6) is 0 Å². The van der Waals surface area contributed by atoms with Gasteiger partial charge < -0.3 is 9.88 Å². The van der Waals surface area contributed by atoms with E-state index in [4.69, 9.17) is 0 Å². The summed E-state index contributed by atoms with van der Waals surface area (Å²) in [6.45, 7) is 2.17. The molecule has 3 nitrogen and oxygen atoms in total. The highest BCUT2D eigenvalue weighted by atomic mass is 16.1. The van der Waals surface area contributed by atoms with E-state index < -0.39 is 0 Å². The monoisotopic (exact) mass is 178 g/mol. The standard InChI is InChI=1S/C10H14N2O/c13-10-8-9(4-5-11-10)12-6-2-1-3-7-12/h4-5,8H,1-3,6-7H2,(H,11,13). The fourth-order valence-corrected chi connectivity index (χ4v) is 1.78. The summed E-state index contributed by atoms with van der Waals surface area (Å²) in [6.07, 6.45) is 5.52. The van der Waals surface area contributed by atoms with Gasteiger partial charge in [-0.1, -0.05) is 0 Å². The highest BCUT2D eigenvalue weighted by Gasteiger charge is 2.10. The minimum Gasteiger partial charge on any atom is -0.371 e. The Morgan fingerprint density at radius 1 is 1.23 bits per heavy atom. The van der Waals surface area contributed by atoms with Crippen molar-refractivity contribution in [1.82, 2.24) is 4.98 Å². The number of rotatable bonds is 1. The van der Waals surface area contributed by atoms with Crippen LogP contribution >= 0.6 is 0 Å². The van der Waals surface area contributed by atoms with Crippen LogP contribution in [0.3, 0.4) is 0 Å². The third-order valence-electron chi connectivity index (χ3n) is 2.48. The normalized spacial score (nSPS) is 17.4. The number of hydrogen-bond donors (Lipinski definition) is 1. The van der Waals surface area contributed by atoms with Gasteiger partial charge in [0.2, 0.25) is 5.56 Å². The van der Waals surface area contributed by atoms with Crippen LogP contribution in [0.2, 0.25) is 0 Å². The minimum atomic E-state index is -0.0110. The zero-order valence-electron chi connectivity index (χ0n) is 7.62. The molecule has 0 spiro atoms. The molecule has 1 aromatic heterocycles. The summed E-state index contributed by atoms with van der Waals surface area (Å²) in [5.41, 5.74) is 1.05. The lowest BCUT2D eigenvalue weighted by atomic mass is 10.1. The Morgan fingerprint density at radius 2 is 2.00 bits per heavy atom. The van der Waals surface area contributed by atoms with Crippen molar-refractivity contribution in [2.75, 3.05) is 18.0 Å². The molecule has 1 aliphatic heterocycles. The first kappa shape index (κ1) is 8.35. The maximum absolute atomic E-state index is 11.1. The molecule has 0 radical (unpaired) electrons. The molecule has 0 unspecified atom stereocenters. The highest BCUT2D eigenvalue weighted by molar-refractivity contribution is 5.44. The number of hydrogen-bond acceptors (Lipinski definition) is 2. The van der Waals surface area contributed by atoms with Gasteiger partial charge in [-0.2, -0.15) is 0 Å². The first-order valence-electron chi connectivity index (χ1n) is 4.80. The molecule has 0 aromatic carbocycles. The van der Waals surface area contributed by atoms with Crippen LogP contribution in [-0.4, -0.2) is 18.1 Å². The number of anilines is 1. The third kappa shape index (κ3) is 1.91. The zero-order chi connectivity index (χ0) is 9.10. The average Bonchev–Trinajstić information content (AvgIpc) is 2.19. The van der Waals surface area contributed by atoms with Gasteiger partial charge >= 0.3 is 0 Å². The number of pyridine rings is 1. The van der Waals surface area contributed by atoms with E-state index in [2.05, 4.69) is 9.88 Å². The Hall–Kier alpha value is -1.25. The van der Waals surface area contributed by atoms with E-state index in [1.165, 1.54) is 19.3 Å². The first-order chi connectivity index (χ1) is 6.36. The van der Waals surface area contributed by atoms with Gasteiger partial charge in [-0.15, -0.1) is 0 Å². The summed E-state index contributed by atoms with van der Waals surface area (Å²) < 4.78 is 0. The molecule has 2 heterocycles. The molecule has 0 amide bonds. The number of aromatic amines is 1. The number of nitrogens with one attached hydrogen (secondary N) is 1. The third-order valence-corrected chi connectivity index (χ3v) is 2.48. The fourth-order valence-electron chi connectivity index (χ4n) is 1.78. The van der Waals surface area contributed by atoms with Crippen molar-refractivity contribution in [2.45, 2.75) is 19.3 Å². The summed E-state index contributed by atoms with van der Waals surface area (Å²) in [4.78, 5) is 16.0. The molecule has 0 atom stereocenters. The Balaban J connectivity index is 2.19. The summed E-state index contributed by atoms with van der Waals surface area (Å²) in [5.74, 6) is 0. The summed E-state index contributed by atoms with van der Waals surface area (Å²) in [6, 6.07) is 3.64. The maximum atomic E-state index is 11.1. The number of nitrogens with zero attached hydrogens (tertiary/aromatic N) is 1. The topological polar surface area (TPSA) is 36.1 Å². The van der Waals surface area contributed by atoms with Crippen LogP contribution < -0.4 is 10.5 Å². The van der Waals surface area contributed by atoms with Gasteiger partial charge in [0.15, 0.2) is 0 Å². The molecule has 1 aromatic rings. The molecule has 1 saturated heterocycles. The van der Waals surface area contributed by atoms with Crippen molar-refractivity contribution in [3.63, 3.8) is 0 Å². The van der Waals surface area contributed by atoms with Crippen molar-refractivity contribution in [2.24, 2.45) is 0 Å². The molecule has 1 aliphatic rings. The van der Waals surface area contributed by atoms with Crippen molar-refractivity contribution in [3.05, 3.63) is 28.7 Å². The molecule has 1 N–H and O–H groups in total. The lowest BCUT2D eigenvalue weighted by Gasteiger charge is -2.28. The molecule has 2 rings (SSSR count). The fraction of sp³-hybridized carbons (Fsp3) is 0.500. The second-order valence-corrected chi connectivity index (χ2v) is 3.46. The molecule has 70 valence electrons. The van der Waals surface area contributed by atoms with Gasteiger partial charge in [-0.25, -0.2) is 0 Å². The molecular weight excluding hydrogens is 164 g/mol. The second-order valence-electron chi connectivity index (χ2n) is 3.46. The predicted octanol–water partition coefficient (Wildman–Crippen LogP) is 1.37. The first-order valence-corrected chi connectivity index (χ1v) is 4.80. The summed E-state index contributed by atoms with van der Waals surface area (Å²) in [5, 5.41) is 0. The van der Waals surface area contributed by atoms with Crippen molar-refractivity contribution in [3.8, 4) is 0 Å². The van der Waals surface area contributed by atoms with Gasteiger partial charge in [-0.3, -0.25) is 4.79 Å². The summed E-state index contributed by atoms with van der Waals surface area (Å²) in [7, 11) is 0. The number of H-pyrrole nitrogens is 1. The predicted molar refractivity (Wildman–Crippen MR) is 53.1 cm³/mol. The van der Waals surface area contributed by atoms with E-state index in [0.29, 0.717) is 0 Å². The van der Waals surface area contributed by atoms with Crippen LogP contribution in [0.15, 0.2) is 23.1 Å². The average molecular weight is 178 g/mol. The zero-order valence-corrected chi connectivity index (χ0v) is 7.62. The smallest absolute Gasteiger partial charge is 0.249 e. The summed E-state index contributed by atoms with van der Waals surface area (Å²) >= 11 is 0. The molecule has 13 heavy (non-hydrogen) atoms. The van der Waals surface area contributed by atoms with Gasteiger partial charge in [0.05, 0.1) is 0 Å². The van der Waals surface area contributed by atoms with Gasteiger partial charge in [-0.05, 0) is 25.3 Å². The SMILES string of the molecule is O=c1cc(N2CCCCC2)cc[nH]1. The van der Waals surface area contributed by atoms with E-state index in [1.54, 1.807) is 12.3 Å². The Bertz CT molecular complexity index is 326. The van der Waals surface area contributed by atoms with Gasteiger partial charge in [0.1, 0.15) is 0 Å². The minimum absolute atomic E-state index is 0.0110. The molecule has 1 fully saturated rings. The highest BCUT2D eigenvalue weighted by Crippen LogP contribution is 2.16. The Kier molecular flexibility index (Phi) is 2.34. The quantitative estimate of drug-likeness (QED) is 0.705. The largest absolute Gasteiger partial charge is 0.371 e. The van der Waals surface area contributed by atoms with Gasteiger partial charge in [0.25, 0.3) is 0 Å². The lowest BCUT2D eigenvalue weighted by Crippen LogP contribution is -2.30. The van der Waals surface area contributed by atoms with Crippen LogP contribution in [0.1, 0.15) is 19.3 Å². The number of piperidine rings is 1. The van der Waals surface area contributed by atoms with E-state index in [9.17, 15) is 4.79 Å². The van der Waals surface area contributed by atoms with E-state index in [1.807, 2.05) is 6.07 Å². The van der Waals surface area contributed by atoms with E-state index >= 15 is 0 Å². The van der Waals surface area contributed by atoms with Crippen molar-refractivity contribution in [1.29, 1.82) is 0 Å². The molecule has 0 saturated carbocycles. The maximum Gasteiger partial charge on any atom is 0.249 e. The van der Waals surface area contributed by atoms with Crippen LogP contribution in [-0.2, 0) is 0 Å². The Labute approximate surface area is 77.4 Å². The van der Waals surface area contributed by atoms with Crippen LogP contribution in [0, 0.1) is 0 Å². The van der Waals surface area contributed by atoms with Crippen LogP contribution in [0.25, 0.3) is 0 Å². The number of aromatic nitrogens is 1. The van der Waals surface area contributed by atoms with Crippen molar-refractivity contribution < 1.29 is 0 Å². The lowest BCUT2D eigenvalue weighted by molar-refractivity contribution is 0.577. The molecular formula is C10H14N2O. The van der Waals surface area contributed by atoms with Crippen molar-refractivity contribution >= 4 is 5.69 Å². The molecule has 0 aliphatic carbocycles. The molecule has 0 bridgehead atoms. The Morgan fingerprint density at radius 3 is 2.69 bits per heavy atom. The van der Waals surface area contributed by atoms with Crippen LogP contribution in [0.4, 0.5) is 5.69 Å². The second kappa shape index (κ2) is 3.64. The van der Waals surface area contributed by atoms with E-state index in [0.717, 1.165) is 18.8 Å². The van der Waals surface area contributed by atoms with Gasteiger partial charge in [0, 0.05) is 31.0 Å².